The van der Waals surface area contributed by atoms with Gasteiger partial charge in [-0.2, -0.15) is 0 Å². The van der Waals surface area contributed by atoms with Gasteiger partial charge in [0.05, 0.1) is 13.2 Å². The molecule has 110 valence electrons. The number of nitrogens with zero attached hydrogens (tertiary/aromatic N) is 1. The molecule has 0 aromatic carbocycles. The van der Waals surface area contributed by atoms with Crippen LogP contribution in [0.1, 0.15) is 30.2 Å². The summed E-state index contributed by atoms with van der Waals surface area (Å²) >= 11 is 1.71. The smallest absolute Gasteiger partial charge is 0.222 e. The molecule has 0 radical (unpaired) electrons. The molecule has 0 spiro atoms. The van der Waals surface area contributed by atoms with E-state index >= 15 is 0 Å². The molecule has 4 nitrogen and oxygen atoms in total. The lowest BCUT2D eigenvalue weighted by Gasteiger charge is -2.32. The molecule has 0 saturated carbocycles. The zero-order valence-corrected chi connectivity index (χ0v) is 12.5. The summed E-state index contributed by atoms with van der Waals surface area (Å²) in [5.74, 6) is 0.981. The second kappa shape index (κ2) is 6.70. The van der Waals surface area contributed by atoms with Crippen molar-refractivity contribution in [3.8, 4) is 0 Å². The molecule has 2 unspecified atom stereocenters. The van der Waals surface area contributed by atoms with E-state index in [1.165, 1.54) is 11.3 Å². The Morgan fingerprint density at radius 2 is 2.50 bits per heavy atom. The van der Waals surface area contributed by atoms with Crippen LogP contribution in [0.15, 0.2) is 17.5 Å². The second-order valence-electron chi connectivity index (χ2n) is 5.61. The van der Waals surface area contributed by atoms with Crippen LogP contribution in [0, 0.1) is 5.92 Å². The SMILES string of the molecule is O=C(CCC1CCNC1)N1CCOC(c2cccs2)C1. The summed E-state index contributed by atoms with van der Waals surface area (Å²) in [6, 6.07) is 4.13. The van der Waals surface area contributed by atoms with Crippen molar-refractivity contribution < 1.29 is 9.53 Å². The van der Waals surface area contributed by atoms with Gasteiger partial charge in [0.25, 0.3) is 0 Å². The van der Waals surface area contributed by atoms with Crippen molar-refractivity contribution in [3.05, 3.63) is 22.4 Å². The first-order valence-electron chi connectivity index (χ1n) is 7.46. The molecule has 2 atom stereocenters. The molecule has 1 amide bonds. The maximum absolute atomic E-state index is 12.3. The molecular formula is C15H22N2O2S. The standard InChI is InChI=1S/C15H22N2O2S/c18-15(4-3-12-5-6-16-10-12)17-7-8-19-13(11-17)14-2-1-9-20-14/h1-2,9,12-13,16H,3-8,10-11H2. The van der Waals surface area contributed by atoms with Crippen LogP contribution in [-0.4, -0.2) is 43.6 Å². The highest BCUT2D eigenvalue weighted by atomic mass is 32.1. The number of amides is 1. The van der Waals surface area contributed by atoms with Crippen LogP contribution in [0.2, 0.25) is 0 Å². The zero-order valence-electron chi connectivity index (χ0n) is 11.7. The minimum absolute atomic E-state index is 0.0702. The number of carbonyl (C=O) groups is 1. The summed E-state index contributed by atoms with van der Waals surface area (Å²) in [6.45, 7) is 4.29. The van der Waals surface area contributed by atoms with Gasteiger partial charge in [-0.3, -0.25) is 4.79 Å². The first-order chi connectivity index (χ1) is 9.83. The minimum Gasteiger partial charge on any atom is -0.369 e. The van der Waals surface area contributed by atoms with E-state index < -0.39 is 0 Å². The van der Waals surface area contributed by atoms with E-state index in [0.29, 0.717) is 31.4 Å². The molecule has 2 aliphatic rings. The third kappa shape index (κ3) is 3.40. The maximum Gasteiger partial charge on any atom is 0.222 e. The van der Waals surface area contributed by atoms with Gasteiger partial charge in [-0.1, -0.05) is 6.07 Å². The lowest BCUT2D eigenvalue weighted by molar-refractivity contribution is -0.139. The average molecular weight is 294 g/mol. The number of rotatable bonds is 4. The van der Waals surface area contributed by atoms with Crippen LogP contribution < -0.4 is 5.32 Å². The van der Waals surface area contributed by atoms with Crippen molar-refractivity contribution in [2.45, 2.75) is 25.4 Å². The Hall–Kier alpha value is -0.910. The van der Waals surface area contributed by atoms with Crippen molar-refractivity contribution in [1.29, 1.82) is 0 Å². The molecule has 2 fully saturated rings. The maximum atomic E-state index is 12.3. The molecule has 2 aliphatic heterocycles. The average Bonchev–Trinajstić information content (AvgIpc) is 3.18. The van der Waals surface area contributed by atoms with Crippen molar-refractivity contribution in [1.82, 2.24) is 10.2 Å². The summed E-state index contributed by atoms with van der Waals surface area (Å²) in [7, 11) is 0. The van der Waals surface area contributed by atoms with Crippen LogP contribution in [0.5, 0.6) is 0 Å². The lowest BCUT2D eigenvalue weighted by Crippen LogP contribution is -2.42. The fraction of sp³-hybridized carbons (Fsp3) is 0.667. The van der Waals surface area contributed by atoms with E-state index in [9.17, 15) is 4.79 Å². The molecule has 1 aromatic rings. The van der Waals surface area contributed by atoms with Crippen molar-refractivity contribution >= 4 is 17.2 Å². The van der Waals surface area contributed by atoms with Crippen molar-refractivity contribution in [3.63, 3.8) is 0 Å². The summed E-state index contributed by atoms with van der Waals surface area (Å²) in [5, 5.41) is 5.42. The van der Waals surface area contributed by atoms with Gasteiger partial charge in [-0.25, -0.2) is 0 Å². The van der Waals surface area contributed by atoms with E-state index in [1.807, 2.05) is 11.0 Å². The van der Waals surface area contributed by atoms with Gasteiger partial charge in [0, 0.05) is 17.8 Å². The normalized spacial score (nSPS) is 26.9. The van der Waals surface area contributed by atoms with E-state index in [1.54, 1.807) is 11.3 Å². The van der Waals surface area contributed by atoms with E-state index in [4.69, 9.17) is 4.74 Å². The molecule has 3 heterocycles. The number of hydrogen-bond donors (Lipinski definition) is 1. The summed E-state index contributed by atoms with van der Waals surface area (Å²) < 4.78 is 5.79. The van der Waals surface area contributed by atoms with E-state index in [2.05, 4.69) is 16.8 Å². The third-order valence-electron chi connectivity index (χ3n) is 4.21. The van der Waals surface area contributed by atoms with Gasteiger partial charge in [0.1, 0.15) is 6.10 Å². The molecule has 2 saturated heterocycles. The first kappa shape index (κ1) is 14.0. The molecule has 3 rings (SSSR count). The molecule has 0 bridgehead atoms. The first-order valence-corrected chi connectivity index (χ1v) is 8.34. The topological polar surface area (TPSA) is 41.6 Å². The molecular weight excluding hydrogens is 272 g/mol. The van der Waals surface area contributed by atoms with Crippen LogP contribution in [0.4, 0.5) is 0 Å². The highest BCUT2D eigenvalue weighted by Crippen LogP contribution is 2.26. The Morgan fingerprint density at radius 3 is 3.25 bits per heavy atom. The monoisotopic (exact) mass is 294 g/mol. The summed E-state index contributed by atoms with van der Waals surface area (Å²) in [6.07, 6.45) is 2.99. The Kier molecular flexibility index (Phi) is 4.70. The molecule has 20 heavy (non-hydrogen) atoms. The quantitative estimate of drug-likeness (QED) is 0.924. The number of morpholine rings is 1. The highest BCUT2D eigenvalue weighted by Gasteiger charge is 2.26. The van der Waals surface area contributed by atoms with Crippen LogP contribution in [0.3, 0.4) is 0 Å². The number of ether oxygens (including phenoxy) is 1. The van der Waals surface area contributed by atoms with Gasteiger partial charge in [-0.05, 0) is 43.3 Å². The van der Waals surface area contributed by atoms with Crippen LogP contribution >= 0.6 is 11.3 Å². The Morgan fingerprint density at radius 1 is 1.55 bits per heavy atom. The van der Waals surface area contributed by atoms with Crippen LogP contribution in [-0.2, 0) is 9.53 Å². The molecule has 5 heteroatoms. The molecule has 0 aliphatic carbocycles. The lowest BCUT2D eigenvalue weighted by atomic mass is 10.0. The molecule has 1 aromatic heterocycles. The van der Waals surface area contributed by atoms with Gasteiger partial charge >= 0.3 is 0 Å². The Bertz CT molecular complexity index is 429. The number of carbonyl (C=O) groups excluding carboxylic acids is 1. The van der Waals surface area contributed by atoms with Crippen molar-refractivity contribution in [2.24, 2.45) is 5.92 Å². The number of nitrogens with one attached hydrogen (secondary N) is 1. The number of thiophene rings is 1. The number of hydrogen-bond acceptors (Lipinski definition) is 4. The Balaban J connectivity index is 1.49. The predicted octanol–water partition coefficient (Wildman–Crippen LogP) is 2.04. The molecule has 1 N–H and O–H groups in total. The third-order valence-corrected chi connectivity index (χ3v) is 5.17. The predicted molar refractivity (Wildman–Crippen MR) is 79.8 cm³/mol. The summed E-state index contributed by atoms with van der Waals surface area (Å²) in [4.78, 5) is 15.5. The van der Waals surface area contributed by atoms with Gasteiger partial charge < -0.3 is 15.0 Å². The minimum atomic E-state index is 0.0702. The van der Waals surface area contributed by atoms with Gasteiger partial charge in [0.15, 0.2) is 0 Å². The van der Waals surface area contributed by atoms with Gasteiger partial charge in [-0.15, -0.1) is 11.3 Å². The fourth-order valence-electron chi connectivity index (χ4n) is 2.97. The fourth-order valence-corrected chi connectivity index (χ4v) is 3.73. The summed E-state index contributed by atoms with van der Waals surface area (Å²) in [5.41, 5.74) is 0. The Labute approximate surface area is 124 Å². The van der Waals surface area contributed by atoms with E-state index in [-0.39, 0.29) is 6.10 Å². The van der Waals surface area contributed by atoms with Crippen molar-refractivity contribution in [2.75, 3.05) is 32.8 Å². The highest BCUT2D eigenvalue weighted by molar-refractivity contribution is 7.10. The largest absolute Gasteiger partial charge is 0.369 e. The zero-order chi connectivity index (χ0) is 13.8. The van der Waals surface area contributed by atoms with Crippen LogP contribution in [0.25, 0.3) is 0 Å². The van der Waals surface area contributed by atoms with Gasteiger partial charge in [0.2, 0.25) is 5.91 Å². The second-order valence-corrected chi connectivity index (χ2v) is 6.59. The van der Waals surface area contributed by atoms with E-state index in [0.717, 1.165) is 26.1 Å².